The van der Waals surface area contributed by atoms with Crippen LogP contribution in [0.1, 0.15) is 48.0 Å². The van der Waals surface area contributed by atoms with Crippen LogP contribution in [0.15, 0.2) is 54.9 Å². The summed E-state index contributed by atoms with van der Waals surface area (Å²) in [4.78, 5) is 56.0. The lowest BCUT2D eigenvalue weighted by molar-refractivity contribution is -0.128. The van der Waals surface area contributed by atoms with Gasteiger partial charge in [0.2, 0.25) is 0 Å². The van der Waals surface area contributed by atoms with Gasteiger partial charge in [-0.25, -0.2) is 15.4 Å². The number of nitrogens with zero attached hydrogens (tertiary/aromatic N) is 2. The van der Waals surface area contributed by atoms with Crippen molar-refractivity contribution in [2.75, 3.05) is 13.2 Å². The van der Waals surface area contributed by atoms with Crippen LogP contribution in [0.25, 0.3) is 0 Å². The molecule has 2 heterocycles. The maximum absolute atomic E-state index is 12.6. The van der Waals surface area contributed by atoms with Crippen LogP contribution >= 0.6 is 0 Å². The first-order chi connectivity index (χ1) is 17.9. The first kappa shape index (κ1) is 25.3. The minimum atomic E-state index is -0.743. The Balaban J connectivity index is 1.28. The predicted octanol–water partition coefficient (Wildman–Crippen LogP) is 0.507. The number of benzene rings is 2. The van der Waals surface area contributed by atoms with E-state index in [1.54, 1.807) is 12.1 Å². The molecule has 0 spiro atoms. The molecule has 0 unspecified atom stereocenters. The highest BCUT2D eigenvalue weighted by molar-refractivity contribution is 5.97. The Labute approximate surface area is 211 Å². The fourth-order valence-electron chi connectivity index (χ4n) is 3.58. The molecule has 1 aliphatic rings. The van der Waals surface area contributed by atoms with Crippen molar-refractivity contribution < 1.29 is 29.1 Å². The molecule has 0 bridgehead atoms. The second-order valence-corrected chi connectivity index (χ2v) is 8.11. The number of fused-ring (bicyclic) bond motifs is 1. The van der Waals surface area contributed by atoms with Gasteiger partial charge in [-0.15, -0.1) is 0 Å². The normalized spacial score (nSPS) is 11.6. The van der Waals surface area contributed by atoms with Crippen LogP contribution in [0, 0.1) is 0 Å². The van der Waals surface area contributed by atoms with E-state index in [9.17, 15) is 19.2 Å². The van der Waals surface area contributed by atoms with Gasteiger partial charge in [0.05, 0.1) is 13.2 Å². The number of ether oxygens (including phenoxy) is 1. The molecule has 0 radical (unpaired) electrons. The monoisotopic (exact) mass is 504 g/mol. The average Bonchev–Trinajstić information content (AvgIpc) is 3.41. The van der Waals surface area contributed by atoms with E-state index < -0.39 is 23.6 Å². The molecule has 0 saturated carbocycles. The summed E-state index contributed by atoms with van der Waals surface area (Å²) in [6.07, 6.45) is 1.99. The van der Waals surface area contributed by atoms with E-state index in [1.165, 1.54) is 23.7 Å². The number of hydroxylamine groups is 1. The van der Waals surface area contributed by atoms with E-state index in [2.05, 4.69) is 25.9 Å². The Morgan fingerprint density at radius 3 is 2.14 bits per heavy atom. The quantitative estimate of drug-likeness (QED) is 0.207. The van der Waals surface area contributed by atoms with Crippen LogP contribution in [0.5, 0.6) is 5.75 Å². The third-order valence-corrected chi connectivity index (χ3v) is 5.54. The molecular formula is C25H24N6O6. The standard InChI is InChI=1S/C25H24N6O6/c32-22(31-36)13-28-23(33)17-4-1-15(2-5-17)11-26-24(34)19-10-20(30-14-29-19)25(35)27-12-16-3-6-21-18(9-16)7-8-37-21/h1-6,9-10,14,36H,7-8,11-13H2,(H,26,34)(H,27,35)(H,28,33)(H,31,32). The molecule has 0 aliphatic carbocycles. The van der Waals surface area contributed by atoms with E-state index >= 15 is 0 Å². The molecule has 12 heteroatoms. The first-order valence-electron chi connectivity index (χ1n) is 11.4. The van der Waals surface area contributed by atoms with Crippen LogP contribution < -0.4 is 26.2 Å². The first-order valence-corrected chi connectivity index (χ1v) is 11.4. The molecule has 0 fully saturated rings. The van der Waals surface area contributed by atoms with Gasteiger partial charge in [-0.2, -0.15) is 0 Å². The Hall–Kier alpha value is -4.84. The summed E-state index contributed by atoms with van der Waals surface area (Å²) < 4.78 is 5.49. The fourth-order valence-corrected chi connectivity index (χ4v) is 3.58. The molecule has 2 aromatic carbocycles. The van der Waals surface area contributed by atoms with Gasteiger partial charge in [0.1, 0.15) is 23.5 Å². The summed E-state index contributed by atoms with van der Waals surface area (Å²) in [7, 11) is 0. The molecular weight excluding hydrogens is 480 g/mol. The van der Waals surface area contributed by atoms with Crippen molar-refractivity contribution >= 4 is 23.6 Å². The molecule has 1 aliphatic heterocycles. The number of carbonyl (C=O) groups is 4. The van der Waals surface area contributed by atoms with Crippen LogP contribution in [0.4, 0.5) is 0 Å². The van der Waals surface area contributed by atoms with Gasteiger partial charge in [0.15, 0.2) is 0 Å². The van der Waals surface area contributed by atoms with Gasteiger partial charge in [0, 0.05) is 31.1 Å². The van der Waals surface area contributed by atoms with Crippen LogP contribution in [0.2, 0.25) is 0 Å². The van der Waals surface area contributed by atoms with Crippen LogP contribution in [-0.4, -0.2) is 52.0 Å². The summed E-state index contributed by atoms with van der Waals surface area (Å²) in [5.41, 5.74) is 4.58. The lowest BCUT2D eigenvalue weighted by Gasteiger charge is -2.08. The molecule has 4 rings (SSSR count). The Kier molecular flexibility index (Phi) is 8.01. The predicted molar refractivity (Wildman–Crippen MR) is 129 cm³/mol. The van der Waals surface area contributed by atoms with Crippen molar-refractivity contribution in [2.45, 2.75) is 19.5 Å². The van der Waals surface area contributed by atoms with Crippen molar-refractivity contribution in [1.82, 2.24) is 31.4 Å². The third kappa shape index (κ3) is 6.64. The lowest BCUT2D eigenvalue weighted by Crippen LogP contribution is -2.35. The number of carbonyl (C=O) groups excluding carboxylic acids is 4. The summed E-state index contributed by atoms with van der Waals surface area (Å²) in [6, 6.07) is 13.4. The highest BCUT2D eigenvalue weighted by atomic mass is 16.5. The molecule has 3 aromatic rings. The minimum absolute atomic E-state index is 0.0352. The Bertz CT molecular complexity index is 1330. The number of hydrogen-bond donors (Lipinski definition) is 5. The number of aromatic nitrogens is 2. The highest BCUT2D eigenvalue weighted by Gasteiger charge is 2.15. The van der Waals surface area contributed by atoms with Crippen LogP contribution in [0.3, 0.4) is 0 Å². The number of amides is 4. The number of rotatable bonds is 9. The number of nitrogens with one attached hydrogen (secondary N) is 4. The molecule has 0 atom stereocenters. The van der Waals surface area contributed by atoms with Gasteiger partial charge in [-0.1, -0.05) is 24.3 Å². The summed E-state index contributed by atoms with van der Waals surface area (Å²) in [5.74, 6) is -1.29. The molecule has 0 saturated heterocycles. The van der Waals surface area contributed by atoms with Crippen molar-refractivity contribution in [3.8, 4) is 5.75 Å². The zero-order valence-corrected chi connectivity index (χ0v) is 19.6. The lowest BCUT2D eigenvalue weighted by atomic mass is 10.1. The van der Waals surface area contributed by atoms with E-state index in [0.29, 0.717) is 24.3 Å². The molecule has 37 heavy (non-hydrogen) atoms. The molecule has 4 amide bonds. The van der Waals surface area contributed by atoms with Crippen molar-refractivity contribution in [2.24, 2.45) is 0 Å². The van der Waals surface area contributed by atoms with E-state index in [-0.39, 0.29) is 24.5 Å². The summed E-state index contributed by atoms with van der Waals surface area (Å²) >= 11 is 0. The SMILES string of the molecule is O=C(CNC(=O)c1ccc(CNC(=O)c2cc(C(=O)NCc3ccc4c(c3)CCO4)ncn2)cc1)NO. The second-order valence-electron chi connectivity index (χ2n) is 8.11. The highest BCUT2D eigenvalue weighted by Crippen LogP contribution is 2.25. The zero-order valence-electron chi connectivity index (χ0n) is 19.6. The Morgan fingerprint density at radius 2 is 1.46 bits per heavy atom. The molecule has 190 valence electrons. The van der Waals surface area contributed by atoms with Crippen molar-refractivity contribution in [1.29, 1.82) is 0 Å². The van der Waals surface area contributed by atoms with Gasteiger partial charge in [0.25, 0.3) is 23.6 Å². The van der Waals surface area contributed by atoms with Gasteiger partial charge in [-0.05, 0) is 34.9 Å². The van der Waals surface area contributed by atoms with Gasteiger partial charge < -0.3 is 20.7 Å². The average molecular weight is 505 g/mol. The van der Waals surface area contributed by atoms with Gasteiger partial charge >= 0.3 is 0 Å². The van der Waals surface area contributed by atoms with Crippen molar-refractivity contribution in [3.63, 3.8) is 0 Å². The zero-order chi connectivity index (χ0) is 26.2. The summed E-state index contributed by atoms with van der Waals surface area (Å²) in [5, 5.41) is 16.3. The Morgan fingerprint density at radius 1 is 0.811 bits per heavy atom. The third-order valence-electron chi connectivity index (χ3n) is 5.54. The summed E-state index contributed by atoms with van der Waals surface area (Å²) in [6.45, 7) is 0.754. The van der Waals surface area contributed by atoms with E-state index in [4.69, 9.17) is 9.94 Å². The second kappa shape index (κ2) is 11.7. The van der Waals surface area contributed by atoms with E-state index in [1.807, 2.05) is 18.2 Å². The van der Waals surface area contributed by atoms with Gasteiger partial charge in [-0.3, -0.25) is 24.4 Å². The fraction of sp³-hybridized carbons (Fsp3) is 0.200. The molecule has 12 nitrogen and oxygen atoms in total. The maximum atomic E-state index is 12.6. The minimum Gasteiger partial charge on any atom is -0.493 e. The largest absolute Gasteiger partial charge is 0.493 e. The molecule has 5 N–H and O–H groups in total. The van der Waals surface area contributed by atoms with Crippen molar-refractivity contribution in [3.05, 3.63) is 88.5 Å². The maximum Gasteiger partial charge on any atom is 0.270 e. The number of hydrogen-bond acceptors (Lipinski definition) is 8. The van der Waals surface area contributed by atoms with E-state index in [0.717, 1.165) is 29.6 Å². The molecule has 1 aromatic heterocycles. The smallest absolute Gasteiger partial charge is 0.270 e. The topological polar surface area (TPSA) is 172 Å². The van der Waals surface area contributed by atoms with Crippen LogP contribution in [-0.2, 0) is 24.3 Å².